The third-order valence-electron chi connectivity index (χ3n) is 6.97. The topological polar surface area (TPSA) is 32.5 Å². The second-order valence-corrected chi connectivity index (χ2v) is 7.79. The molecule has 1 saturated heterocycles. The van der Waals surface area contributed by atoms with Crippen molar-refractivity contribution in [1.82, 2.24) is 9.80 Å². The molecule has 4 saturated carbocycles. The zero-order valence-corrected chi connectivity index (χ0v) is 12.4. The minimum atomic E-state index is 0.384. The molecular formula is C16H29N3. The first-order valence-electron chi connectivity index (χ1n) is 8.36. The van der Waals surface area contributed by atoms with Crippen molar-refractivity contribution in [3.8, 4) is 0 Å². The molecule has 0 amide bonds. The van der Waals surface area contributed by atoms with Crippen LogP contribution >= 0.6 is 0 Å². The van der Waals surface area contributed by atoms with Crippen LogP contribution in [-0.2, 0) is 0 Å². The Hall–Kier alpha value is -0.120. The SMILES string of the molecule is CN1CCN(C2(CN)C3CC4CC(C3)CC2C4)CC1. The van der Waals surface area contributed by atoms with Gasteiger partial charge in [0.1, 0.15) is 0 Å². The largest absolute Gasteiger partial charge is 0.329 e. The van der Waals surface area contributed by atoms with Crippen molar-refractivity contribution in [2.24, 2.45) is 29.4 Å². The molecule has 108 valence electrons. The van der Waals surface area contributed by atoms with Crippen LogP contribution in [0, 0.1) is 23.7 Å². The maximum absolute atomic E-state index is 6.40. The van der Waals surface area contributed by atoms with Gasteiger partial charge in [-0.15, -0.1) is 0 Å². The molecule has 1 heterocycles. The average Bonchev–Trinajstić information content (AvgIpc) is 2.40. The molecule has 19 heavy (non-hydrogen) atoms. The molecule has 2 N–H and O–H groups in total. The summed E-state index contributed by atoms with van der Waals surface area (Å²) in [5.74, 6) is 3.93. The van der Waals surface area contributed by atoms with Crippen LogP contribution < -0.4 is 5.73 Å². The fourth-order valence-electron chi connectivity index (χ4n) is 6.20. The Bertz CT molecular complexity index is 318. The summed E-state index contributed by atoms with van der Waals surface area (Å²) in [7, 11) is 2.25. The van der Waals surface area contributed by atoms with Crippen LogP contribution in [0.1, 0.15) is 32.1 Å². The summed E-state index contributed by atoms with van der Waals surface area (Å²) >= 11 is 0. The van der Waals surface area contributed by atoms with E-state index in [0.717, 1.165) is 30.2 Å². The molecule has 4 aliphatic carbocycles. The highest BCUT2D eigenvalue weighted by Gasteiger charge is 2.58. The van der Waals surface area contributed by atoms with Gasteiger partial charge in [-0.05, 0) is 62.8 Å². The van der Waals surface area contributed by atoms with Crippen LogP contribution in [-0.4, -0.2) is 55.1 Å². The van der Waals surface area contributed by atoms with Gasteiger partial charge in [0.05, 0.1) is 0 Å². The highest BCUT2D eigenvalue weighted by molar-refractivity contribution is 5.13. The smallest absolute Gasteiger partial charge is 0.0389 e. The Balaban J connectivity index is 1.62. The third-order valence-corrected chi connectivity index (χ3v) is 6.97. The predicted molar refractivity (Wildman–Crippen MR) is 77.9 cm³/mol. The molecule has 0 unspecified atom stereocenters. The number of nitrogens with two attached hydrogens (primary N) is 1. The molecule has 5 fully saturated rings. The van der Waals surface area contributed by atoms with E-state index >= 15 is 0 Å². The maximum atomic E-state index is 6.40. The molecule has 0 aromatic rings. The standard InChI is InChI=1S/C16H29N3/c1-18-2-4-19(5-3-18)16(11-17)14-7-12-6-13(9-14)10-15(16)8-12/h12-15H,2-11,17H2,1H3. The molecule has 5 rings (SSSR count). The minimum absolute atomic E-state index is 0.384. The highest BCUT2D eigenvalue weighted by Crippen LogP contribution is 2.59. The molecule has 0 spiro atoms. The first-order chi connectivity index (χ1) is 9.22. The second-order valence-electron chi connectivity index (χ2n) is 7.79. The maximum Gasteiger partial charge on any atom is 0.0389 e. The van der Waals surface area contributed by atoms with Gasteiger partial charge in [0.25, 0.3) is 0 Å². The number of piperazine rings is 1. The summed E-state index contributed by atoms with van der Waals surface area (Å²) in [6, 6.07) is 0. The van der Waals surface area contributed by atoms with Crippen LogP contribution in [0.2, 0.25) is 0 Å². The van der Waals surface area contributed by atoms with Crippen LogP contribution in [0.25, 0.3) is 0 Å². The minimum Gasteiger partial charge on any atom is -0.329 e. The van der Waals surface area contributed by atoms with Gasteiger partial charge in [0, 0.05) is 38.3 Å². The third kappa shape index (κ3) is 1.74. The molecular weight excluding hydrogens is 234 g/mol. The molecule has 1 aliphatic heterocycles. The van der Waals surface area contributed by atoms with Crippen LogP contribution in [0.5, 0.6) is 0 Å². The van der Waals surface area contributed by atoms with Gasteiger partial charge >= 0.3 is 0 Å². The Morgan fingerprint density at radius 3 is 1.89 bits per heavy atom. The number of hydrogen-bond donors (Lipinski definition) is 1. The molecule has 0 aromatic heterocycles. The summed E-state index contributed by atoms with van der Waals surface area (Å²) in [6.45, 7) is 5.86. The monoisotopic (exact) mass is 263 g/mol. The zero-order chi connectivity index (χ0) is 13.0. The Morgan fingerprint density at radius 2 is 1.42 bits per heavy atom. The van der Waals surface area contributed by atoms with Gasteiger partial charge in [-0.1, -0.05) is 0 Å². The van der Waals surface area contributed by atoms with E-state index in [1.54, 1.807) is 0 Å². The number of hydrogen-bond acceptors (Lipinski definition) is 3. The quantitative estimate of drug-likeness (QED) is 0.817. The normalized spacial score (nSPS) is 50.8. The number of likely N-dealkylation sites (N-methyl/N-ethyl adjacent to an activating group) is 1. The van der Waals surface area contributed by atoms with E-state index in [1.807, 2.05) is 0 Å². The molecule has 3 heteroatoms. The van der Waals surface area contributed by atoms with Crippen molar-refractivity contribution in [3.63, 3.8) is 0 Å². The first-order valence-corrected chi connectivity index (χ1v) is 8.36. The van der Waals surface area contributed by atoms with Crippen molar-refractivity contribution < 1.29 is 0 Å². The molecule has 5 aliphatic rings. The zero-order valence-electron chi connectivity index (χ0n) is 12.4. The summed E-state index contributed by atoms with van der Waals surface area (Å²) in [4.78, 5) is 5.29. The van der Waals surface area contributed by atoms with Crippen molar-refractivity contribution in [1.29, 1.82) is 0 Å². The van der Waals surface area contributed by atoms with Gasteiger partial charge in [0.2, 0.25) is 0 Å². The van der Waals surface area contributed by atoms with E-state index in [4.69, 9.17) is 5.73 Å². The summed E-state index contributed by atoms with van der Waals surface area (Å²) in [6.07, 6.45) is 7.47. The van der Waals surface area contributed by atoms with Gasteiger partial charge < -0.3 is 10.6 Å². The predicted octanol–water partition coefficient (Wildman–Crippen LogP) is 1.39. The lowest BCUT2D eigenvalue weighted by Crippen LogP contribution is -2.71. The second kappa shape index (κ2) is 4.44. The molecule has 0 atom stereocenters. The summed E-state index contributed by atoms with van der Waals surface area (Å²) in [5, 5.41) is 0. The van der Waals surface area contributed by atoms with Crippen LogP contribution in [0.15, 0.2) is 0 Å². The fourth-order valence-corrected chi connectivity index (χ4v) is 6.20. The molecule has 0 radical (unpaired) electrons. The van der Waals surface area contributed by atoms with Crippen molar-refractivity contribution in [2.45, 2.75) is 37.6 Å². The van der Waals surface area contributed by atoms with Gasteiger partial charge in [-0.25, -0.2) is 0 Å². The number of nitrogens with zero attached hydrogens (tertiary/aromatic N) is 2. The highest BCUT2D eigenvalue weighted by atomic mass is 15.3. The average molecular weight is 263 g/mol. The van der Waals surface area contributed by atoms with Gasteiger partial charge in [-0.2, -0.15) is 0 Å². The fraction of sp³-hybridized carbons (Fsp3) is 1.00. The van der Waals surface area contributed by atoms with E-state index < -0.39 is 0 Å². The molecule has 3 nitrogen and oxygen atoms in total. The first kappa shape index (κ1) is 12.6. The number of rotatable bonds is 2. The van der Waals surface area contributed by atoms with Gasteiger partial charge in [-0.3, -0.25) is 4.90 Å². The molecule has 0 aromatic carbocycles. The van der Waals surface area contributed by atoms with E-state index in [9.17, 15) is 0 Å². The summed E-state index contributed by atoms with van der Waals surface area (Å²) < 4.78 is 0. The van der Waals surface area contributed by atoms with Gasteiger partial charge in [0.15, 0.2) is 0 Å². The molecule has 4 bridgehead atoms. The van der Waals surface area contributed by atoms with Crippen LogP contribution in [0.3, 0.4) is 0 Å². The van der Waals surface area contributed by atoms with E-state index in [1.165, 1.54) is 58.3 Å². The lowest BCUT2D eigenvalue weighted by atomic mass is 9.48. The Kier molecular flexibility index (Phi) is 2.95. The van der Waals surface area contributed by atoms with E-state index in [0.29, 0.717) is 5.54 Å². The van der Waals surface area contributed by atoms with Crippen LogP contribution in [0.4, 0.5) is 0 Å². The Labute approximate surface area is 117 Å². The van der Waals surface area contributed by atoms with Crippen molar-refractivity contribution in [2.75, 3.05) is 39.8 Å². The lowest BCUT2D eigenvalue weighted by Gasteiger charge is -2.65. The van der Waals surface area contributed by atoms with E-state index in [-0.39, 0.29) is 0 Å². The Morgan fingerprint density at radius 1 is 0.895 bits per heavy atom. The lowest BCUT2D eigenvalue weighted by molar-refractivity contribution is -0.139. The van der Waals surface area contributed by atoms with E-state index in [2.05, 4.69) is 16.8 Å². The summed E-state index contributed by atoms with van der Waals surface area (Å²) in [5.41, 5.74) is 6.78. The van der Waals surface area contributed by atoms with Crippen molar-refractivity contribution in [3.05, 3.63) is 0 Å². The van der Waals surface area contributed by atoms with Crippen molar-refractivity contribution >= 4 is 0 Å².